The summed E-state index contributed by atoms with van der Waals surface area (Å²) in [6.45, 7) is 3.19. The van der Waals surface area contributed by atoms with Gasteiger partial charge in [-0.15, -0.1) is 11.3 Å². The topological polar surface area (TPSA) is 29.3 Å². The summed E-state index contributed by atoms with van der Waals surface area (Å²) < 4.78 is 0. The summed E-state index contributed by atoms with van der Waals surface area (Å²) in [4.78, 5) is 3.79. The maximum Gasteiger partial charge on any atom is 0.0396 e. The lowest BCUT2D eigenvalue weighted by Gasteiger charge is -2.23. The summed E-state index contributed by atoms with van der Waals surface area (Å²) in [5.41, 5.74) is 8.78. The van der Waals surface area contributed by atoms with Crippen LogP contribution in [0.2, 0.25) is 0 Å². The molecule has 3 heteroatoms. The van der Waals surface area contributed by atoms with Crippen molar-refractivity contribution in [2.24, 2.45) is 5.73 Å². The number of likely N-dealkylation sites (N-methyl/N-ethyl adjacent to an activating group) is 1. The number of benzene rings is 1. The first kappa shape index (κ1) is 15.1. The minimum Gasteiger partial charge on any atom is -0.374 e. The Kier molecular flexibility index (Phi) is 5.62. The third-order valence-electron chi connectivity index (χ3n) is 3.68. The minimum atomic E-state index is 0.252. The summed E-state index contributed by atoms with van der Waals surface area (Å²) in [5.74, 6) is 0. The van der Waals surface area contributed by atoms with Crippen LogP contribution in [0.5, 0.6) is 0 Å². The third-order valence-corrected chi connectivity index (χ3v) is 4.62. The highest BCUT2D eigenvalue weighted by Gasteiger charge is 2.10. The second-order valence-electron chi connectivity index (χ2n) is 5.25. The number of rotatable bonds is 7. The molecular formula is C17H24N2S. The van der Waals surface area contributed by atoms with Gasteiger partial charge in [0.25, 0.3) is 0 Å². The van der Waals surface area contributed by atoms with Crippen LogP contribution in [0.4, 0.5) is 5.69 Å². The van der Waals surface area contributed by atoms with Gasteiger partial charge in [-0.3, -0.25) is 0 Å². The Hall–Kier alpha value is -1.32. The molecule has 0 amide bonds. The third kappa shape index (κ3) is 4.09. The average molecular weight is 288 g/mol. The van der Waals surface area contributed by atoms with E-state index in [0.29, 0.717) is 0 Å². The van der Waals surface area contributed by atoms with E-state index in [0.717, 1.165) is 25.8 Å². The van der Waals surface area contributed by atoms with Crippen molar-refractivity contribution in [3.05, 3.63) is 52.2 Å². The summed E-state index contributed by atoms with van der Waals surface area (Å²) in [7, 11) is 2.17. The van der Waals surface area contributed by atoms with Gasteiger partial charge >= 0.3 is 0 Å². The van der Waals surface area contributed by atoms with Crippen LogP contribution in [0, 0.1) is 0 Å². The monoisotopic (exact) mass is 288 g/mol. The Labute approximate surface area is 126 Å². The van der Waals surface area contributed by atoms with E-state index in [2.05, 4.69) is 60.6 Å². The van der Waals surface area contributed by atoms with Crippen LogP contribution >= 0.6 is 11.3 Å². The molecule has 108 valence electrons. The molecule has 1 heterocycles. The molecule has 2 N–H and O–H groups in total. The molecule has 2 rings (SSSR count). The van der Waals surface area contributed by atoms with Crippen LogP contribution < -0.4 is 10.6 Å². The number of hydrogen-bond donors (Lipinski definition) is 1. The molecule has 0 saturated carbocycles. The first-order valence-corrected chi connectivity index (χ1v) is 8.15. The van der Waals surface area contributed by atoms with Crippen molar-refractivity contribution in [1.29, 1.82) is 0 Å². The highest BCUT2D eigenvalue weighted by molar-refractivity contribution is 7.09. The molecule has 0 bridgehead atoms. The molecule has 1 aromatic carbocycles. The summed E-state index contributed by atoms with van der Waals surface area (Å²) in [6, 6.07) is 13.2. The lowest BCUT2D eigenvalue weighted by molar-refractivity contribution is 0.645. The van der Waals surface area contributed by atoms with Gasteiger partial charge in [0, 0.05) is 30.2 Å². The second-order valence-corrected chi connectivity index (χ2v) is 6.28. The number of anilines is 1. The molecule has 0 radical (unpaired) electrons. The van der Waals surface area contributed by atoms with E-state index < -0.39 is 0 Å². The van der Waals surface area contributed by atoms with E-state index in [9.17, 15) is 0 Å². The van der Waals surface area contributed by atoms with Gasteiger partial charge < -0.3 is 10.6 Å². The molecule has 2 aromatic rings. The van der Waals surface area contributed by atoms with Crippen molar-refractivity contribution in [2.75, 3.05) is 18.5 Å². The van der Waals surface area contributed by atoms with E-state index in [1.54, 1.807) is 0 Å². The molecule has 0 fully saturated rings. The molecule has 0 aliphatic carbocycles. The van der Waals surface area contributed by atoms with Crippen LogP contribution in [0.1, 0.15) is 23.8 Å². The normalized spacial score (nSPS) is 12.3. The Morgan fingerprint density at radius 3 is 2.70 bits per heavy atom. The number of hydrogen-bond acceptors (Lipinski definition) is 3. The van der Waals surface area contributed by atoms with Gasteiger partial charge in [-0.1, -0.05) is 31.2 Å². The van der Waals surface area contributed by atoms with E-state index in [1.165, 1.54) is 16.1 Å². The van der Waals surface area contributed by atoms with Crippen LogP contribution in [0.25, 0.3) is 0 Å². The zero-order chi connectivity index (χ0) is 14.4. The van der Waals surface area contributed by atoms with E-state index >= 15 is 0 Å². The minimum absolute atomic E-state index is 0.252. The standard InChI is InChI=1S/C17H24N2S/c1-3-15(18)13-14-7-4-5-9-17(14)19(2)11-10-16-8-6-12-20-16/h4-9,12,15H,3,10-11,13,18H2,1-2H3. The Morgan fingerprint density at radius 1 is 1.20 bits per heavy atom. The summed E-state index contributed by atoms with van der Waals surface area (Å²) in [5, 5.41) is 2.14. The lowest BCUT2D eigenvalue weighted by Crippen LogP contribution is -2.25. The molecule has 0 spiro atoms. The van der Waals surface area contributed by atoms with E-state index in [-0.39, 0.29) is 6.04 Å². The molecule has 1 atom stereocenters. The zero-order valence-electron chi connectivity index (χ0n) is 12.4. The van der Waals surface area contributed by atoms with Crippen molar-refractivity contribution >= 4 is 17.0 Å². The summed E-state index contributed by atoms with van der Waals surface area (Å²) >= 11 is 1.83. The van der Waals surface area contributed by atoms with Crippen LogP contribution in [-0.2, 0) is 12.8 Å². The predicted octanol–water partition coefficient (Wildman–Crippen LogP) is 3.71. The molecular weight excluding hydrogens is 264 g/mol. The lowest BCUT2D eigenvalue weighted by atomic mass is 10.0. The van der Waals surface area contributed by atoms with Gasteiger partial charge in [-0.2, -0.15) is 0 Å². The number of nitrogens with two attached hydrogens (primary N) is 1. The average Bonchev–Trinajstić information content (AvgIpc) is 2.98. The molecule has 0 aliphatic rings. The predicted molar refractivity (Wildman–Crippen MR) is 89.7 cm³/mol. The highest BCUT2D eigenvalue weighted by atomic mass is 32.1. The van der Waals surface area contributed by atoms with Gasteiger partial charge in [0.2, 0.25) is 0 Å². The van der Waals surface area contributed by atoms with Crippen LogP contribution in [0.15, 0.2) is 41.8 Å². The van der Waals surface area contributed by atoms with Crippen LogP contribution in [0.3, 0.4) is 0 Å². The highest BCUT2D eigenvalue weighted by Crippen LogP contribution is 2.21. The Balaban J connectivity index is 2.02. The molecule has 1 unspecified atom stereocenters. The first-order valence-electron chi connectivity index (χ1n) is 7.27. The fraction of sp³-hybridized carbons (Fsp3) is 0.412. The maximum absolute atomic E-state index is 6.11. The summed E-state index contributed by atoms with van der Waals surface area (Å²) in [6.07, 6.45) is 3.07. The first-order chi connectivity index (χ1) is 9.70. The van der Waals surface area contributed by atoms with Crippen molar-refractivity contribution < 1.29 is 0 Å². The number of thiophene rings is 1. The largest absolute Gasteiger partial charge is 0.374 e. The van der Waals surface area contributed by atoms with Gasteiger partial charge in [0.1, 0.15) is 0 Å². The molecule has 0 aliphatic heterocycles. The van der Waals surface area contributed by atoms with Crippen molar-refractivity contribution in [3.63, 3.8) is 0 Å². The SMILES string of the molecule is CCC(N)Cc1ccccc1N(C)CCc1cccs1. The molecule has 2 nitrogen and oxygen atoms in total. The van der Waals surface area contributed by atoms with Crippen LogP contribution in [-0.4, -0.2) is 19.6 Å². The fourth-order valence-corrected chi connectivity index (χ4v) is 3.03. The van der Waals surface area contributed by atoms with E-state index in [1.807, 2.05) is 11.3 Å². The number of para-hydroxylation sites is 1. The molecule has 20 heavy (non-hydrogen) atoms. The van der Waals surface area contributed by atoms with Gasteiger partial charge in [-0.05, 0) is 42.3 Å². The molecule has 0 saturated heterocycles. The quantitative estimate of drug-likeness (QED) is 0.841. The van der Waals surface area contributed by atoms with Gasteiger partial charge in [0.05, 0.1) is 0 Å². The maximum atomic E-state index is 6.11. The number of nitrogens with zero attached hydrogens (tertiary/aromatic N) is 1. The van der Waals surface area contributed by atoms with Crippen molar-refractivity contribution in [3.8, 4) is 0 Å². The Bertz CT molecular complexity index is 507. The zero-order valence-corrected chi connectivity index (χ0v) is 13.2. The van der Waals surface area contributed by atoms with E-state index in [4.69, 9.17) is 5.73 Å². The smallest absolute Gasteiger partial charge is 0.0396 e. The van der Waals surface area contributed by atoms with Gasteiger partial charge in [-0.25, -0.2) is 0 Å². The second kappa shape index (κ2) is 7.46. The van der Waals surface area contributed by atoms with Crippen molar-refractivity contribution in [1.82, 2.24) is 0 Å². The van der Waals surface area contributed by atoms with Crippen molar-refractivity contribution in [2.45, 2.75) is 32.2 Å². The Morgan fingerprint density at radius 2 is 2.00 bits per heavy atom. The fourth-order valence-electron chi connectivity index (χ4n) is 2.34. The molecule has 1 aromatic heterocycles. The van der Waals surface area contributed by atoms with Gasteiger partial charge in [0.15, 0.2) is 0 Å².